The van der Waals surface area contributed by atoms with Crippen molar-refractivity contribution in [3.05, 3.63) is 64.9 Å². The number of rotatable bonds is 6. The maximum absolute atomic E-state index is 13.1. The van der Waals surface area contributed by atoms with Crippen molar-refractivity contribution in [2.24, 2.45) is 0 Å². The van der Waals surface area contributed by atoms with Crippen molar-refractivity contribution >= 4 is 23.1 Å². The molecular weight excluding hydrogens is 352 g/mol. The normalized spacial score (nSPS) is 14.3. The van der Waals surface area contributed by atoms with Gasteiger partial charge in [-0.05, 0) is 75.6 Å². The topological polar surface area (TPSA) is 58.6 Å². The van der Waals surface area contributed by atoms with E-state index in [1.165, 1.54) is 4.90 Å². The van der Waals surface area contributed by atoms with Gasteiger partial charge in [-0.1, -0.05) is 18.2 Å². The summed E-state index contributed by atoms with van der Waals surface area (Å²) in [5.41, 5.74) is 4.42. The molecule has 28 heavy (non-hydrogen) atoms. The van der Waals surface area contributed by atoms with E-state index in [2.05, 4.69) is 5.32 Å². The number of imide groups is 1. The van der Waals surface area contributed by atoms with Crippen LogP contribution in [-0.4, -0.2) is 29.4 Å². The van der Waals surface area contributed by atoms with Gasteiger partial charge in [0, 0.05) is 11.7 Å². The summed E-state index contributed by atoms with van der Waals surface area (Å²) in [5, 5.41) is 3.17. The first-order chi connectivity index (χ1) is 13.3. The minimum atomic E-state index is -0.304. The minimum Gasteiger partial charge on any atom is -0.494 e. The third kappa shape index (κ3) is 3.65. The van der Waals surface area contributed by atoms with Gasteiger partial charge in [-0.15, -0.1) is 0 Å². The molecule has 0 fully saturated rings. The van der Waals surface area contributed by atoms with Gasteiger partial charge in [0.2, 0.25) is 0 Å². The van der Waals surface area contributed by atoms with Gasteiger partial charge in [0.15, 0.2) is 0 Å². The largest absolute Gasteiger partial charge is 0.494 e. The zero-order valence-electron chi connectivity index (χ0n) is 17.0. The molecule has 0 saturated heterocycles. The first kappa shape index (κ1) is 19.7. The lowest BCUT2D eigenvalue weighted by atomic mass is 9.99. The SMILES string of the molecule is CCOc1ccc(NC2=C(c3ccc(C)c(C)c3)C(=O)N(C(C)C)C2=O)cc1. The zero-order valence-corrected chi connectivity index (χ0v) is 17.0. The van der Waals surface area contributed by atoms with Crippen molar-refractivity contribution in [1.29, 1.82) is 0 Å². The molecule has 0 aromatic heterocycles. The molecule has 1 N–H and O–H groups in total. The van der Waals surface area contributed by atoms with Crippen LogP contribution in [0.2, 0.25) is 0 Å². The van der Waals surface area contributed by atoms with E-state index in [0.29, 0.717) is 17.9 Å². The summed E-state index contributed by atoms with van der Waals surface area (Å²) in [7, 11) is 0. The predicted molar refractivity (Wildman–Crippen MR) is 111 cm³/mol. The van der Waals surface area contributed by atoms with Gasteiger partial charge in [-0.25, -0.2) is 0 Å². The highest BCUT2D eigenvalue weighted by molar-refractivity contribution is 6.36. The Bertz CT molecular complexity index is 943. The number of carbonyl (C=O) groups is 2. The second-order valence-electron chi connectivity index (χ2n) is 7.21. The Kier molecular flexibility index (Phi) is 5.54. The Morgan fingerprint density at radius 1 is 0.964 bits per heavy atom. The number of hydrogen-bond donors (Lipinski definition) is 1. The highest BCUT2D eigenvalue weighted by atomic mass is 16.5. The van der Waals surface area contributed by atoms with Crippen LogP contribution in [0.3, 0.4) is 0 Å². The molecule has 1 heterocycles. The van der Waals surface area contributed by atoms with Gasteiger partial charge >= 0.3 is 0 Å². The van der Waals surface area contributed by atoms with E-state index < -0.39 is 0 Å². The number of carbonyl (C=O) groups excluding carboxylic acids is 2. The molecule has 5 heteroatoms. The number of anilines is 1. The molecule has 0 bridgehead atoms. The molecule has 1 aliphatic heterocycles. The Hall–Kier alpha value is -3.08. The summed E-state index contributed by atoms with van der Waals surface area (Å²) < 4.78 is 5.46. The van der Waals surface area contributed by atoms with Crippen molar-refractivity contribution in [3.8, 4) is 5.75 Å². The van der Waals surface area contributed by atoms with Gasteiger partial charge in [0.05, 0.1) is 12.2 Å². The summed E-state index contributed by atoms with van der Waals surface area (Å²) >= 11 is 0. The van der Waals surface area contributed by atoms with E-state index in [1.807, 2.05) is 77.1 Å². The van der Waals surface area contributed by atoms with E-state index >= 15 is 0 Å². The van der Waals surface area contributed by atoms with Gasteiger partial charge in [-0.2, -0.15) is 0 Å². The Morgan fingerprint density at radius 3 is 2.21 bits per heavy atom. The molecule has 0 spiro atoms. The molecule has 0 saturated carbocycles. The fraction of sp³-hybridized carbons (Fsp3) is 0.304. The monoisotopic (exact) mass is 378 g/mol. The molecular formula is C23H26N2O3. The van der Waals surface area contributed by atoms with Crippen molar-refractivity contribution in [3.63, 3.8) is 0 Å². The molecule has 2 amide bonds. The highest BCUT2D eigenvalue weighted by Gasteiger charge is 2.40. The van der Waals surface area contributed by atoms with Crippen molar-refractivity contribution in [1.82, 2.24) is 4.90 Å². The fourth-order valence-electron chi connectivity index (χ4n) is 3.24. The van der Waals surface area contributed by atoms with Crippen molar-refractivity contribution in [2.45, 2.75) is 40.7 Å². The van der Waals surface area contributed by atoms with Crippen LogP contribution < -0.4 is 10.1 Å². The van der Waals surface area contributed by atoms with Crippen LogP contribution in [-0.2, 0) is 9.59 Å². The maximum Gasteiger partial charge on any atom is 0.278 e. The number of amides is 2. The number of aryl methyl sites for hydroxylation is 2. The van der Waals surface area contributed by atoms with E-state index in [9.17, 15) is 9.59 Å². The summed E-state index contributed by atoms with van der Waals surface area (Å²) in [6.45, 7) is 10.2. The molecule has 1 aliphatic rings. The van der Waals surface area contributed by atoms with Gasteiger partial charge in [-0.3, -0.25) is 14.5 Å². The second-order valence-corrected chi connectivity index (χ2v) is 7.21. The number of ether oxygens (including phenoxy) is 1. The molecule has 0 radical (unpaired) electrons. The van der Waals surface area contributed by atoms with Crippen LogP contribution in [0.4, 0.5) is 5.69 Å². The quantitative estimate of drug-likeness (QED) is 0.762. The lowest BCUT2D eigenvalue weighted by Crippen LogP contribution is -2.38. The minimum absolute atomic E-state index is 0.221. The third-order valence-electron chi connectivity index (χ3n) is 4.86. The Balaban J connectivity index is 2.04. The lowest BCUT2D eigenvalue weighted by molar-refractivity contribution is -0.138. The molecule has 2 aromatic rings. The van der Waals surface area contributed by atoms with Crippen molar-refractivity contribution < 1.29 is 14.3 Å². The number of hydrogen-bond acceptors (Lipinski definition) is 4. The zero-order chi connectivity index (χ0) is 20.4. The molecule has 146 valence electrons. The molecule has 3 rings (SSSR count). The summed E-state index contributed by atoms with van der Waals surface area (Å²) in [6, 6.07) is 13.0. The van der Waals surface area contributed by atoms with Gasteiger partial charge in [0.1, 0.15) is 11.4 Å². The maximum atomic E-state index is 13.1. The Labute approximate surface area is 166 Å². The number of benzene rings is 2. The van der Waals surface area contributed by atoms with Crippen LogP contribution in [0.15, 0.2) is 48.2 Å². The van der Waals surface area contributed by atoms with E-state index in [0.717, 1.165) is 28.1 Å². The van der Waals surface area contributed by atoms with Gasteiger partial charge < -0.3 is 10.1 Å². The summed E-state index contributed by atoms with van der Waals surface area (Å²) in [6.07, 6.45) is 0. The fourth-order valence-corrected chi connectivity index (χ4v) is 3.24. The predicted octanol–water partition coefficient (Wildman–Crippen LogP) is 4.30. The first-order valence-corrected chi connectivity index (χ1v) is 9.53. The Morgan fingerprint density at radius 2 is 1.64 bits per heavy atom. The third-order valence-corrected chi connectivity index (χ3v) is 4.86. The second kappa shape index (κ2) is 7.89. The molecule has 0 aliphatic carbocycles. The highest BCUT2D eigenvalue weighted by Crippen LogP contribution is 2.32. The van der Waals surface area contributed by atoms with Crippen LogP contribution in [0.5, 0.6) is 5.75 Å². The average molecular weight is 378 g/mol. The molecule has 0 atom stereocenters. The van der Waals surface area contributed by atoms with E-state index in [-0.39, 0.29) is 17.9 Å². The van der Waals surface area contributed by atoms with Crippen LogP contribution in [0.25, 0.3) is 5.57 Å². The number of nitrogens with one attached hydrogen (secondary N) is 1. The molecule has 5 nitrogen and oxygen atoms in total. The van der Waals surface area contributed by atoms with Crippen LogP contribution in [0.1, 0.15) is 37.5 Å². The lowest BCUT2D eigenvalue weighted by Gasteiger charge is -2.19. The summed E-state index contributed by atoms with van der Waals surface area (Å²) in [4.78, 5) is 27.4. The van der Waals surface area contributed by atoms with E-state index in [4.69, 9.17) is 4.74 Å². The van der Waals surface area contributed by atoms with E-state index in [1.54, 1.807) is 0 Å². The average Bonchev–Trinajstić information content (AvgIpc) is 2.89. The first-order valence-electron chi connectivity index (χ1n) is 9.53. The number of nitrogens with zero attached hydrogens (tertiary/aromatic N) is 1. The van der Waals surface area contributed by atoms with Crippen LogP contribution in [0, 0.1) is 13.8 Å². The standard InChI is InChI=1S/C23H26N2O3/c1-6-28-19-11-9-18(10-12-19)24-21-20(17-8-7-15(4)16(5)13-17)22(26)25(14(2)3)23(21)27/h7-14,24H,6H2,1-5H3. The van der Waals surface area contributed by atoms with Gasteiger partial charge in [0.25, 0.3) is 11.8 Å². The van der Waals surface area contributed by atoms with Crippen LogP contribution >= 0.6 is 0 Å². The van der Waals surface area contributed by atoms with Crippen molar-refractivity contribution in [2.75, 3.05) is 11.9 Å². The molecule has 2 aromatic carbocycles. The molecule has 0 unspecified atom stereocenters. The smallest absolute Gasteiger partial charge is 0.278 e. The summed E-state index contributed by atoms with van der Waals surface area (Å²) in [5.74, 6) is 0.188.